The van der Waals surface area contributed by atoms with Crippen LogP contribution in [-0.2, 0) is 9.53 Å². The number of halogens is 2. The van der Waals surface area contributed by atoms with Crippen molar-refractivity contribution in [1.82, 2.24) is 5.32 Å². The SMILES string of the molecule is C=C/C=C\CC(CCC1(C(=O)CC=C)CCNCC1)OCC(C)(F)F. The highest BCUT2D eigenvalue weighted by molar-refractivity contribution is 5.86. The van der Waals surface area contributed by atoms with Crippen LogP contribution in [0.1, 0.15) is 45.4 Å². The van der Waals surface area contributed by atoms with Crippen LogP contribution in [0.3, 0.4) is 0 Å². The van der Waals surface area contributed by atoms with Crippen LogP contribution < -0.4 is 5.32 Å². The highest BCUT2D eigenvalue weighted by Crippen LogP contribution is 2.37. The maximum atomic E-state index is 13.1. The number of hydrogen-bond donors (Lipinski definition) is 1. The van der Waals surface area contributed by atoms with E-state index in [1.165, 1.54) is 0 Å². The molecule has 1 aliphatic rings. The number of piperidine rings is 1. The molecule has 142 valence electrons. The highest BCUT2D eigenvalue weighted by Gasteiger charge is 2.38. The summed E-state index contributed by atoms with van der Waals surface area (Å²) in [5.74, 6) is -2.66. The minimum atomic E-state index is -2.86. The molecule has 1 aliphatic heterocycles. The Labute approximate surface area is 150 Å². The fourth-order valence-corrected chi connectivity index (χ4v) is 3.22. The third kappa shape index (κ3) is 8.06. The summed E-state index contributed by atoms with van der Waals surface area (Å²) in [5.41, 5.74) is -0.391. The van der Waals surface area contributed by atoms with Crippen molar-refractivity contribution in [2.24, 2.45) is 5.41 Å². The fraction of sp³-hybridized carbons (Fsp3) is 0.650. The summed E-state index contributed by atoms with van der Waals surface area (Å²) in [6.45, 7) is 9.13. The number of nitrogens with one attached hydrogen (secondary N) is 1. The van der Waals surface area contributed by atoms with E-state index in [1.807, 2.05) is 6.08 Å². The van der Waals surface area contributed by atoms with E-state index in [0.717, 1.165) is 32.9 Å². The van der Waals surface area contributed by atoms with Crippen LogP contribution in [-0.4, -0.2) is 37.5 Å². The fourth-order valence-electron chi connectivity index (χ4n) is 3.22. The first-order valence-corrected chi connectivity index (χ1v) is 8.95. The van der Waals surface area contributed by atoms with Crippen LogP contribution in [0, 0.1) is 5.41 Å². The number of hydrogen-bond acceptors (Lipinski definition) is 3. The van der Waals surface area contributed by atoms with Crippen LogP contribution in [0.5, 0.6) is 0 Å². The number of ketones is 1. The van der Waals surface area contributed by atoms with Crippen LogP contribution in [0.2, 0.25) is 0 Å². The predicted octanol–water partition coefficient (Wildman–Crippen LogP) is 4.45. The Kier molecular flexibility index (Phi) is 9.22. The zero-order valence-corrected chi connectivity index (χ0v) is 15.2. The van der Waals surface area contributed by atoms with Gasteiger partial charge in [0.25, 0.3) is 5.92 Å². The molecule has 1 atom stereocenters. The van der Waals surface area contributed by atoms with Gasteiger partial charge in [0.15, 0.2) is 0 Å². The Bertz CT molecular complexity index is 463. The molecule has 25 heavy (non-hydrogen) atoms. The molecule has 1 fully saturated rings. The minimum Gasteiger partial charge on any atom is -0.372 e. The minimum absolute atomic E-state index is 0.199. The molecule has 0 amide bonds. The van der Waals surface area contributed by atoms with Gasteiger partial charge < -0.3 is 10.1 Å². The molecule has 0 bridgehead atoms. The molecule has 0 aromatic heterocycles. The van der Waals surface area contributed by atoms with Crippen molar-refractivity contribution in [3.05, 3.63) is 37.5 Å². The lowest BCUT2D eigenvalue weighted by Gasteiger charge is -2.37. The lowest BCUT2D eigenvalue weighted by Crippen LogP contribution is -2.42. The number of ether oxygens (including phenoxy) is 1. The Morgan fingerprint density at radius 1 is 1.36 bits per heavy atom. The summed E-state index contributed by atoms with van der Waals surface area (Å²) in [7, 11) is 0. The van der Waals surface area contributed by atoms with Crippen molar-refractivity contribution in [3.63, 3.8) is 0 Å². The van der Waals surface area contributed by atoms with E-state index in [0.29, 0.717) is 25.7 Å². The van der Waals surface area contributed by atoms with Crippen LogP contribution in [0.15, 0.2) is 37.5 Å². The van der Waals surface area contributed by atoms with Crippen molar-refractivity contribution in [3.8, 4) is 0 Å². The summed E-state index contributed by atoms with van der Waals surface area (Å²) >= 11 is 0. The van der Waals surface area contributed by atoms with Gasteiger partial charge in [0.2, 0.25) is 0 Å². The topological polar surface area (TPSA) is 38.3 Å². The molecule has 3 nitrogen and oxygen atoms in total. The van der Waals surface area contributed by atoms with E-state index < -0.39 is 17.9 Å². The Morgan fingerprint density at radius 3 is 2.60 bits per heavy atom. The zero-order valence-electron chi connectivity index (χ0n) is 15.2. The Hall–Kier alpha value is -1.33. The molecular weight excluding hydrogens is 324 g/mol. The quantitative estimate of drug-likeness (QED) is 0.415. The molecule has 0 saturated carbocycles. The van der Waals surface area contributed by atoms with E-state index in [1.54, 1.807) is 18.2 Å². The van der Waals surface area contributed by atoms with E-state index in [9.17, 15) is 13.6 Å². The second-order valence-corrected chi connectivity index (χ2v) is 6.89. The molecule has 1 unspecified atom stereocenters. The molecule has 0 aromatic carbocycles. The van der Waals surface area contributed by atoms with E-state index in [-0.39, 0.29) is 11.9 Å². The maximum Gasteiger partial charge on any atom is 0.268 e. The molecular formula is C20H31F2NO2. The predicted molar refractivity (Wildman–Crippen MR) is 97.9 cm³/mol. The summed E-state index contributed by atoms with van der Waals surface area (Å²) in [6.07, 6.45) is 10.3. The van der Waals surface area contributed by atoms with Crippen LogP contribution in [0.4, 0.5) is 8.78 Å². The first-order valence-electron chi connectivity index (χ1n) is 8.95. The van der Waals surface area contributed by atoms with Gasteiger partial charge in [-0.2, -0.15) is 0 Å². The van der Waals surface area contributed by atoms with Gasteiger partial charge in [0.1, 0.15) is 12.4 Å². The van der Waals surface area contributed by atoms with Crippen LogP contribution >= 0.6 is 0 Å². The average molecular weight is 355 g/mol. The molecule has 1 rings (SSSR count). The molecule has 5 heteroatoms. The van der Waals surface area contributed by atoms with Crippen molar-refractivity contribution in [2.45, 2.75) is 57.5 Å². The highest BCUT2D eigenvalue weighted by atomic mass is 19.3. The van der Waals surface area contributed by atoms with E-state index in [4.69, 9.17) is 4.74 Å². The number of allylic oxidation sites excluding steroid dienone is 3. The van der Waals surface area contributed by atoms with Gasteiger partial charge >= 0.3 is 0 Å². The van der Waals surface area contributed by atoms with Gasteiger partial charge in [-0.3, -0.25) is 4.79 Å². The van der Waals surface area contributed by atoms with E-state index >= 15 is 0 Å². The summed E-state index contributed by atoms with van der Waals surface area (Å²) in [6, 6.07) is 0. The Morgan fingerprint density at radius 2 is 2.04 bits per heavy atom. The van der Waals surface area contributed by atoms with Gasteiger partial charge in [-0.1, -0.05) is 30.9 Å². The molecule has 0 radical (unpaired) electrons. The van der Waals surface area contributed by atoms with E-state index in [2.05, 4.69) is 18.5 Å². The number of Topliss-reactive ketones (excluding diaryl/α,β-unsaturated/α-hetero) is 1. The van der Waals surface area contributed by atoms with Gasteiger partial charge in [-0.25, -0.2) is 8.78 Å². The van der Waals surface area contributed by atoms with Gasteiger partial charge in [-0.05, 0) is 45.2 Å². The normalized spacial score (nSPS) is 18.8. The van der Waals surface area contributed by atoms with Crippen molar-refractivity contribution >= 4 is 5.78 Å². The number of carbonyl (C=O) groups is 1. The molecule has 1 N–H and O–H groups in total. The van der Waals surface area contributed by atoms with Crippen molar-refractivity contribution < 1.29 is 18.3 Å². The number of alkyl halides is 2. The summed E-state index contributed by atoms with van der Waals surface area (Å²) < 4.78 is 31.7. The summed E-state index contributed by atoms with van der Waals surface area (Å²) in [4.78, 5) is 12.6. The third-order valence-corrected chi connectivity index (χ3v) is 4.67. The van der Waals surface area contributed by atoms with Crippen molar-refractivity contribution in [2.75, 3.05) is 19.7 Å². The second kappa shape index (κ2) is 10.6. The molecule has 0 aliphatic carbocycles. The van der Waals surface area contributed by atoms with Gasteiger partial charge in [-0.15, -0.1) is 6.58 Å². The van der Waals surface area contributed by atoms with Crippen molar-refractivity contribution in [1.29, 1.82) is 0 Å². The molecule has 1 heterocycles. The monoisotopic (exact) mass is 355 g/mol. The second-order valence-electron chi connectivity index (χ2n) is 6.89. The van der Waals surface area contributed by atoms with Gasteiger partial charge in [0, 0.05) is 18.8 Å². The van der Waals surface area contributed by atoms with Crippen LogP contribution in [0.25, 0.3) is 0 Å². The number of carbonyl (C=O) groups excluding carboxylic acids is 1. The largest absolute Gasteiger partial charge is 0.372 e. The smallest absolute Gasteiger partial charge is 0.268 e. The van der Waals surface area contributed by atoms with Gasteiger partial charge in [0.05, 0.1) is 6.10 Å². The zero-order chi connectivity index (χ0) is 18.8. The first-order chi connectivity index (χ1) is 11.8. The molecule has 0 spiro atoms. The first kappa shape index (κ1) is 21.7. The summed E-state index contributed by atoms with van der Waals surface area (Å²) in [5, 5.41) is 3.28. The lowest BCUT2D eigenvalue weighted by molar-refractivity contribution is -0.131. The number of rotatable bonds is 12. The molecule has 1 saturated heterocycles. The third-order valence-electron chi connectivity index (χ3n) is 4.67. The maximum absolute atomic E-state index is 13.1. The lowest BCUT2D eigenvalue weighted by atomic mass is 9.70. The molecule has 0 aromatic rings. The Balaban J connectivity index is 2.74. The standard InChI is InChI=1S/C20H31F2NO2/c1-4-6-7-9-17(25-16-19(3,21)22)10-11-20(18(24)8-5-2)12-14-23-15-13-20/h4-7,17,23H,1-2,8-16H2,3H3/b7-6-. The average Bonchev–Trinajstić information content (AvgIpc) is 2.57.